The van der Waals surface area contributed by atoms with Crippen molar-refractivity contribution in [3.63, 3.8) is 0 Å². The van der Waals surface area contributed by atoms with E-state index >= 15 is 0 Å². The van der Waals surface area contributed by atoms with E-state index in [1.54, 1.807) is 6.07 Å². The van der Waals surface area contributed by atoms with Crippen molar-refractivity contribution in [3.8, 4) is 5.75 Å². The number of benzene rings is 3. The molecule has 0 spiro atoms. The van der Waals surface area contributed by atoms with Crippen molar-refractivity contribution in [2.75, 3.05) is 56.1 Å². The van der Waals surface area contributed by atoms with E-state index in [1.807, 2.05) is 12.1 Å². The molecule has 1 aliphatic heterocycles. The molecule has 31 heavy (non-hydrogen) atoms. The van der Waals surface area contributed by atoms with Crippen LogP contribution in [0.25, 0.3) is 10.8 Å². The van der Waals surface area contributed by atoms with Gasteiger partial charge in [0.25, 0.3) is 0 Å². The Labute approximate surface area is 186 Å². The first kappa shape index (κ1) is 21.5. The zero-order valence-corrected chi connectivity index (χ0v) is 18.7. The Hall–Kier alpha value is -2.72. The fraction of sp³-hybridized carbons (Fsp3) is 0.407. The van der Waals surface area contributed by atoms with E-state index in [2.05, 4.69) is 70.3 Å². The molecule has 1 N–H and O–H groups in total. The van der Waals surface area contributed by atoms with E-state index in [9.17, 15) is 5.11 Å². The molecule has 4 nitrogen and oxygen atoms in total. The fourth-order valence-corrected chi connectivity index (χ4v) is 4.59. The number of anilines is 2. The maximum absolute atomic E-state index is 9.62. The normalized spacial score (nSPS) is 14.8. The van der Waals surface area contributed by atoms with Crippen molar-refractivity contribution < 1.29 is 5.11 Å². The molecule has 3 aromatic rings. The summed E-state index contributed by atoms with van der Waals surface area (Å²) in [4.78, 5) is 7.41. The first-order valence-electron chi connectivity index (χ1n) is 11.7. The van der Waals surface area contributed by atoms with Gasteiger partial charge in [-0.15, -0.1) is 0 Å². The van der Waals surface area contributed by atoms with Gasteiger partial charge in [0.15, 0.2) is 0 Å². The van der Waals surface area contributed by atoms with Gasteiger partial charge in [0.1, 0.15) is 5.75 Å². The van der Waals surface area contributed by atoms with Gasteiger partial charge in [-0.25, -0.2) is 0 Å². The molecule has 4 rings (SSSR count). The van der Waals surface area contributed by atoms with Crippen molar-refractivity contribution in [2.45, 2.75) is 25.7 Å². The average Bonchev–Trinajstić information content (AvgIpc) is 2.81. The molecule has 3 aromatic carbocycles. The number of phenolic OH excluding ortho intramolecular Hbond substituents is 1. The minimum atomic E-state index is 0.338. The summed E-state index contributed by atoms with van der Waals surface area (Å²) in [5, 5.41) is 12.3. The van der Waals surface area contributed by atoms with E-state index in [0.717, 1.165) is 38.4 Å². The highest BCUT2D eigenvalue weighted by Gasteiger charge is 2.18. The van der Waals surface area contributed by atoms with Crippen LogP contribution in [0.3, 0.4) is 0 Å². The number of phenols is 1. The van der Waals surface area contributed by atoms with Gasteiger partial charge in [-0.05, 0) is 43.0 Å². The molecule has 0 aromatic heterocycles. The van der Waals surface area contributed by atoms with Gasteiger partial charge in [-0.1, -0.05) is 55.3 Å². The second-order valence-corrected chi connectivity index (χ2v) is 8.68. The third-order valence-electron chi connectivity index (χ3n) is 6.47. The quantitative estimate of drug-likeness (QED) is 0.475. The summed E-state index contributed by atoms with van der Waals surface area (Å²) in [6, 6.07) is 22.9. The largest absolute Gasteiger partial charge is 0.508 e. The van der Waals surface area contributed by atoms with E-state index in [-0.39, 0.29) is 0 Å². The van der Waals surface area contributed by atoms with Crippen LogP contribution in [0.5, 0.6) is 5.75 Å². The lowest BCUT2D eigenvalue weighted by Crippen LogP contribution is -2.46. The van der Waals surface area contributed by atoms with Crippen LogP contribution in [-0.4, -0.2) is 56.3 Å². The monoisotopic (exact) mass is 417 g/mol. The summed E-state index contributed by atoms with van der Waals surface area (Å²) < 4.78 is 0. The summed E-state index contributed by atoms with van der Waals surface area (Å²) in [5.74, 6) is 0.338. The third-order valence-corrected chi connectivity index (χ3v) is 6.47. The molecule has 0 unspecified atom stereocenters. The second-order valence-electron chi connectivity index (χ2n) is 8.68. The van der Waals surface area contributed by atoms with E-state index < -0.39 is 0 Å². The van der Waals surface area contributed by atoms with E-state index in [4.69, 9.17) is 0 Å². The number of unbranched alkanes of at least 4 members (excludes halogenated alkanes) is 3. The van der Waals surface area contributed by atoms with Crippen LogP contribution in [0.1, 0.15) is 25.7 Å². The fourth-order valence-electron chi connectivity index (χ4n) is 4.59. The van der Waals surface area contributed by atoms with Crippen molar-refractivity contribution in [1.82, 2.24) is 4.90 Å². The molecule has 1 saturated heterocycles. The third kappa shape index (κ3) is 5.71. The van der Waals surface area contributed by atoms with Gasteiger partial charge >= 0.3 is 0 Å². The molecule has 0 saturated carbocycles. The smallest absolute Gasteiger partial charge is 0.117 e. The number of piperazine rings is 1. The molecule has 0 bridgehead atoms. The lowest BCUT2D eigenvalue weighted by Gasteiger charge is -2.36. The number of fused-ring (bicyclic) bond motifs is 1. The molecule has 0 amide bonds. The predicted octanol–water partition coefficient (Wildman–Crippen LogP) is 5.36. The molecule has 1 fully saturated rings. The number of rotatable bonds is 9. The second kappa shape index (κ2) is 10.5. The van der Waals surface area contributed by atoms with Gasteiger partial charge < -0.3 is 14.9 Å². The predicted molar refractivity (Wildman–Crippen MR) is 132 cm³/mol. The number of hydrogen-bond donors (Lipinski definition) is 1. The van der Waals surface area contributed by atoms with Crippen molar-refractivity contribution in [1.29, 1.82) is 0 Å². The highest BCUT2D eigenvalue weighted by atomic mass is 16.3. The maximum atomic E-state index is 9.62. The van der Waals surface area contributed by atoms with E-state index in [1.165, 1.54) is 48.7 Å². The van der Waals surface area contributed by atoms with Gasteiger partial charge in [-0.3, -0.25) is 4.90 Å². The van der Waals surface area contributed by atoms with E-state index in [0.29, 0.717) is 5.75 Å². The topological polar surface area (TPSA) is 30.0 Å². The van der Waals surface area contributed by atoms with Crippen molar-refractivity contribution in [2.24, 2.45) is 0 Å². The number of hydrogen-bond acceptors (Lipinski definition) is 4. The average molecular weight is 418 g/mol. The van der Waals surface area contributed by atoms with Crippen LogP contribution in [0.2, 0.25) is 0 Å². The van der Waals surface area contributed by atoms with Crippen LogP contribution in [0.4, 0.5) is 11.4 Å². The Bertz CT molecular complexity index is 960. The van der Waals surface area contributed by atoms with Gasteiger partial charge in [-0.2, -0.15) is 0 Å². The zero-order chi connectivity index (χ0) is 21.5. The summed E-state index contributed by atoms with van der Waals surface area (Å²) in [6.45, 7) is 6.79. The Morgan fingerprint density at radius 2 is 1.55 bits per heavy atom. The summed E-state index contributed by atoms with van der Waals surface area (Å²) in [6.07, 6.45) is 5.03. The van der Waals surface area contributed by atoms with Crippen LogP contribution in [0.15, 0.2) is 66.7 Å². The molecular formula is C27H35N3O. The zero-order valence-electron chi connectivity index (χ0n) is 18.7. The van der Waals surface area contributed by atoms with Crippen molar-refractivity contribution >= 4 is 22.1 Å². The Morgan fingerprint density at radius 1 is 0.806 bits per heavy atom. The van der Waals surface area contributed by atoms with Crippen molar-refractivity contribution in [3.05, 3.63) is 66.7 Å². The number of aromatic hydroxyl groups is 1. The summed E-state index contributed by atoms with van der Waals surface area (Å²) in [7, 11) is 2.10. The lowest BCUT2D eigenvalue weighted by molar-refractivity contribution is 0.252. The molecule has 1 aliphatic rings. The standard InChI is InChI=1S/C27H35N3O/c1-28(24-12-9-13-25(31)22-24)16-6-2-3-7-17-29-18-20-30(21-19-29)27-15-8-11-23-10-4-5-14-26(23)27/h4-5,8-15,22,31H,2-3,6-7,16-21H2,1H3. The molecule has 0 radical (unpaired) electrons. The SMILES string of the molecule is CN(CCCCCCN1CCN(c2cccc3ccccc23)CC1)c1cccc(O)c1. The highest BCUT2D eigenvalue weighted by Crippen LogP contribution is 2.27. The molecule has 4 heteroatoms. The highest BCUT2D eigenvalue weighted by molar-refractivity contribution is 5.94. The van der Waals surface area contributed by atoms with Gasteiger partial charge in [0.05, 0.1) is 0 Å². The maximum Gasteiger partial charge on any atom is 0.117 e. The van der Waals surface area contributed by atoms with Crippen LogP contribution >= 0.6 is 0 Å². The minimum absolute atomic E-state index is 0.338. The van der Waals surface area contributed by atoms with Crippen LogP contribution in [0, 0.1) is 0 Å². The lowest BCUT2D eigenvalue weighted by atomic mass is 10.1. The van der Waals surface area contributed by atoms with Crippen LogP contribution in [-0.2, 0) is 0 Å². The first-order valence-corrected chi connectivity index (χ1v) is 11.7. The minimum Gasteiger partial charge on any atom is -0.508 e. The summed E-state index contributed by atoms with van der Waals surface area (Å²) in [5.41, 5.74) is 2.47. The number of nitrogens with zero attached hydrogens (tertiary/aromatic N) is 3. The molecule has 0 aliphatic carbocycles. The van der Waals surface area contributed by atoms with Crippen LogP contribution < -0.4 is 9.80 Å². The molecule has 164 valence electrons. The van der Waals surface area contributed by atoms with Gasteiger partial charge in [0, 0.05) is 62.6 Å². The first-order chi connectivity index (χ1) is 15.2. The molecule has 1 heterocycles. The molecule has 0 atom stereocenters. The Morgan fingerprint density at radius 3 is 2.39 bits per heavy atom. The summed E-state index contributed by atoms with van der Waals surface area (Å²) >= 11 is 0. The Kier molecular flexibility index (Phi) is 7.31. The Balaban J connectivity index is 1.13. The molecular weight excluding hydrogens is 382 g/mol. The van der Waals surface area contributed by atoms with Gasteiger partial charge in [0.2, 0.25) is 0 Å².